The zero-order chi connectivity index (χ0) is 12.3. The fourth-order valence-corrected chi connectivity index (χ4v) is 2.25. The van der Waals surface area contributed by atoms with E-state index in [0.717, 1.165) is 25.7 Å². The quantitative estimate of drug-likeness (QED) is 0.722. The van der Waals surface area contributed by atoms with Gasteiger partial charge in [0.1, 0.15) is 5.75 Å². The predicted molar refractivity (Wildman–Crippen MR) is 73.9 cm³/mol. The summed E-state index contributed by atoms with van der Waals surface area (Å²) in [5.41, 5.74) is 6.58. The first kappa shape index (κ1) is 14.8. The third-order valence-corrected chi connectivity index (χ3v) is 3.22. The smallest absolute Gasteiger partial charge is 0.227 e. The van der Waals surface area contributed by atoms with Crippen LogP contribution in [0.4, 0.5) is 5.69 Å². The average molecular weight is 271 g/mol. The summed E-state index contributed by atoms with van der Waals surface area (Å²) >= 11 is 0. The predicted octanol–water partition coefficient (Wildman–Crippen LogP) is 2.27. The van der Waals surface area contributed by atoms with Gasteiger partial charge < -0.3 is 16.2 Å². The fraction of sp³-hybridized carbons (Fsp3) is 0.462. The van der Waals surface area contributed by atoms with Crippen molar-refractivity contribution in [2.24, 2.45) is 11.7 Å². The molecule has 1 saturated carbocycles. The summed E-state index contributed by atoms with van der Waals surface area (Å²) in [7, 11) is 0. The number of hydrogen-bond acceptors (Lipinski definition) is 3. The summed E-state index contributed by atoms with van der Waals surface area (Å²) in [4.78, 5) is 12.0. The second-order valence-corrected chi connectivity index (χ2v) is 4.66. The van der Waals surface area contributed by atoms with Crippen LogP contribution in [0.1, 0.15) is 25.7 Å². The lowest BCUT2D eigenvalue weighted by atomic mass is 9.85. The molecule has 4 N–H and O–H groups in total. The Morgan fingerprint density at radius 1 is 1.28 bits per heavy atom. The molecule has 1 aromatic rings. The zero-order valence-electron chi connectivity index (χ0n) is 10.1. The first-order valence-electron chi connectivity index (χ1n) is 6.00. The third kappa shape index (κ3) is 3.89. The Morgan fingerprint density at radius 3 is 2.56 bits per heavy atom. The van der Waals surface area contributed by atoms with Crippen molar-refractivity contribution in [3.63, 3.8) is 0 Å². The third-order valence-electron chi connectivity index (χ3n) is 3.22. The number of phenolic OH excluding ortho intramolecular Hbond substituents is 1. The fourth-order valence-electron chi connectivity index (χ4n) is 2.25. The highest BCUT2D eigenvalue weighted by atomic mass is 35.5. The summed E-state index contributed by atoms with van der Waals surface area (Å²) in [6.45, 7) is 0. The van der Waals surface area contributed by atoms with Crippen molar-refractivity contribution in [3.8, 4) is 5.75 Å². The molecule has 4 nitrogen and oxygen atoms in total. The number of aromatic hydroxyl groups is 1. The van der Waals surface area contributed by atoms with Crippen LogP contribution in [-0.4, -0.2) is 17.1 Å². The molecule has 0 spiro atoms. The Morgan fingerprint density at radius 2 is 1.94 bits per heavy atom. The lowest BCUT2D eigenvalue weighted by Gasteiger charge is -2.25. The van der Waals surface area contributed by atoms with Crippen molar-refractivity contribution in [2.45, 2.75) is 31.7 Å². The number of hydrogen-bond donors (Lipinski definition) is 3. The van der Waals surface area contributed by atoms with Crippen molar-refractivity contribution in [1.82, 2.24) is 0 Å². The number of anilines is 1. The molecule has 18 heavy (non-hydrogen) atoms. The lowest BCUT2D eigenvalue weighted by Crippen LogP contribution is -2.34. The van der Waals surface area contributed by atoms with Gasteiger partial charge in [-0.25, -0.2) is 0 Å². The molecule has 100 valence electrons. The zero-order valence-corrected chi connectivity index (χ0v) is 11.0. The van der Waals surface area contributed by atoms with E-state index in [0.29, 0.717) is 5.69 Å². The van der Waals surface area contributed by atoms with Crippen molar-refractivity contribution < 1.29 is 9.90 Å². The molecule has 0 bridgehead atoms. The molecule has 0 aromatic heterocycles. The van der Waals surface area contributed by atoms with Gasteiger partial charge in [-0.05, 0) is 43.5 Å². The summed E-state index contributed by atoms with van der Waals surface area (Å²) in [5, 5.41) is 12.0. The van der Waals surface area contributed by atoms with Gasteiger partial charge in [-0.15, -0.1) is 12.4 Å². The van der Waals surface area contributed by atoms with E-state index in [9.17, 15) is 4.79 Å². The minimum atomic E-state index is 0. The van der Waals surface area contributed by atoms with E-state index >= 15 is 0 Å². The SMILES string of the molecule is Cl.NC1CCCC(C(=O)Nc2ccc(O)cc2)C1. The van der Waals surface area contributed by atoms with Gasteiger partial charge >= 0.3 is 0 Å². The topological polar surface area (TPSA) is 75.4 Å². The maximum atomic E-state index is 12.0. The molecule has 1 aromatic carbocycles. The van der Waals surface area contributed by atoms with Crippen LogP contribution < -0.4 is 11.1 Å². The van der Waals surface area contributed by atoms with Gasteiger partial charge in [0.15, 0.2) is 0 Å². The van der Waals surface area contributed by atoms with E-state index in [1.54, 1.807) is 24.3 Å². The molecule has 0 heterocycles. The second kappa shape index (κ2) is 6.61. The molecule has 1 amide bonds. The number of amides is 1. The lowest BCUT2D eigenvalue weighted by molar-refractivity contribution is -0.120. The molecule has 5 heteroatoms. The first-order valence-corrected chi connectivity index (χ1v) is 6.00. The van der Waals surface area contributed by atoms with Crippen molar-refractivity contribution in [2.75, 3.05) is 5.32 Å². The number of nitrogens with two attached hydrogens (primary N) is 1. The Kier molecular flexibility index (Phi) is 5.44. The largest absolute Gasteiger partial charge is 0.508 e. The monoisotopic (exact) mass is 270 g/mol. The van der Waals surface area contributed by atoms with Gasteiger partial charge in [-0.2, -0.15) is 0 Å². The molecule has 0 saturated heterocycles. The molecule has 2 atom stereocenters. The summed E-state index contributed by atoms with van der Waals surface area (Å²) in [5.74, 6) is 0.251. The average Bonchev–Trinajstić information content (AvgIpc) is 2.32. The second-order valence-electron chi connectivity index (χ2n) is 4.66. The Hall–Kier alpha value is -1.26. The van der Waals surface area contributed by atoms with E-state index in [1.807, 2.05) is 0 Å². The van der Waals surface area contributed by atoms with Gasteiger partial charge in [0.25, 0.3) is 0 Å². The van der Waals surface area contributed by atoms with Crippen LogP contribution in [0.2, 0.25) is 0 Å². The van der Waals surface area contributed by atoms with Crippen LogP contribution in [0, 0.1) is 5.92 Å². The number of carbonyl (C=O) groups is 1. The minimum absolute atomic E-state index is 0. The highest BCUT2D eigenvalue weighted by molar-refractivity contribution is 5.92. The maximum Gasteiger partial charge on any atom is 0.227 e. The van der Waals surface area contributed by atoms with Crippen LogP contribution in [0.25, 0.3) is 0 Å². The maximum absolute atomic E-state index is 12.0. The van der Waals surface area contributed by atoms with E-state index in [1.165, 1.54) is 0 Å². The molecule has 0 aliphatic heterocycles. The highest BCUT2D eigenvalue weighted by Crippen LogP contribution is 2.24. The van der Waals surface area contributed by atoms with Crippen LogP contribution in [-0.2, 0) is 4.79 Å². The van der Waals surface area contributed by atoms with Crippen LogP contribution >= 0.6 is 12.4 Å². The molecular formula is C13H19ClN2O2. The number of phenols is 1. The molecule has 1 fully saturated rings. The first-order chi connectivity index (χ1) is 8.15. The van der Waals surface area contributed by atoms with Crippen LogP contribution in [0.5, 0.6) is 5.75 Å². The summed E-state index contributed by atoms with van der Waals surface area (Å²) < 4.78 is 0. The number of nitrogens with one attached hydrogen (secondary N) is 1. The van der Waals surface area contributed by atoms with E-state index in [-0.39, 0.29) is 36.0 Å². The van der Waals surface area contributed by atoms with Crippen LogP contribution in [0.15, 0.2) is 24.3 Å². The summed E-state index contributed by atoms with van der Waals surface area (Å²) in [6.07, 6.45) is 3.72. The minimum Gasteiger partial charge on any atom is -0.508 e. The van der Waals surface area contributed by atoms with E-state index < -0.39 is 0 Å². The van der Waals surface area contributed by atoms with Gasteiger partial charge in [-0.3, -0.25) is 4.79 Å². The van der Waals surface area contributed by atoms with Crippen LogP contribution in [0.3, 0.4) is 0 Å². The van der Waals surface area contributed by atoms with Crippen molar-refractivity contribution in [3.05, 3.63) is 24.3 Å². The Balaban J connectivity index is 0.00000162. The number of carbonyl (C=O) groups excluding carboxylic acids is 1. The molecule has 2 rings (SSSR count). The number of benzene rings is 1. The Bertz CT molecular complexity index is 394. The van der Waals surface area contributed by atoms with Gasteiger partial charge in [0, 0.05) is 17.6 Å². The summed E-state index contributed by atoms with van der Waals surface area (Å²) in [6, 6.07) is 6.65. The molecule has 0 radical (unpaired) electrons. The molecule has 2 unspecified atom stereocenters. The molecular weight excluding hydrogens is 252 g/mol. The number of rotatable bonds is 2. The normalized spacial score (nSPS) is 22.9. The number of halogens is 1. The molecule has 1 aliphatic rings. The van der Waals surface area contributed by atoms with Crippen molar-refractivity contribution in [1.29, 1.82) is 0 Å². The van der Waals surface area contributed by atoms with Gasteiger partial charge in [0.2, 0.25) is 5.91 Å². The Labute approximate surface area is 113 Å². The van der Waals surface area contributed by atoms with E-state index in [4.69, 9.17) is 10.8 Å². The van der Waals surface area contributed by atoms with E-state index in [2.05, 4.69) is 5.32 Å². The van der Waals surface area contributed by atoms with Crippen molar-refractivity contribution >= 4 is 24.0 Å². The highest BCUT2D eigenvalue weighted by Gasteiger charge is 2.25. The van der Waals surface area contributed by atoms with Gasteiger partial charge in [-0.1, -0.05) is 6.42 Å². The van der Waals surface area contributed by atoms with Gasteiger partial charge in [0.05, 0.1) is 0 Å². The standard InChI is InChI=1S/C13H18N2O2.ClH/c14-10-3-1-2-9(8-10)13(17)15-11-4-6-12(16)7-5-11;/h4-7,9-10,16H,1-3,8,14H2,(H,15,17);1H. The molecule has 1 aliphatic carbocycles.